The Bertz CT molecular complexity index is 1530. The number of benzene rings is 3. The first-order valence-corrected chi connectivity index (χ1v) is 12.5. The van der Waals surface area contributed by atoms with Gasteiger partial charge in [0.25, 0.3) is 0 Å². The summed E-state index contributed by atoms with van der Waals surface area (Å²) in [5, 5.41) is 0.633. The van der Waals surface area contributed by atoms with Gasteiger partial charge in [0.1, 0.15) is 17.3 Å². The van der Waals surface area contributed by atoms with E-state index >= 15 is 0 Å². The number of primary amides is 1. The number of halogens is 2. The van der Waals surface area contributed by atoms with Crippen molar-refractivity contribution in [3.63, 3.8) is 0 Å². The van der Waals surface area contributed by atoms with Gasteiger partial charge in [-0.1, -0.05) is 24.3 Å². The van der Waals surface area contributed by atoms with Gasteiger partial charge in [0.2, 0.25) is 5.91 Å². The zero-order valence-corrected chi connectivity index (χ0v) is 21.3. The lowest BCUT2D eigenvalue weighted by molar-refractivity contribution is -0.133. The fraction of sp³-hybridized carbons (Fsp3) is 0.172. The minimum Gasteiger partial charge on any atom is -0.457 e. The van der Waals surface area contributed by atoms with Crippen molar-refractivity contribution in [2.75, 3.05) is 0 Å². The number of hydrogen-bond donors (Lipinski definition) is 1. The molecule has 0 bridgehead atoms. The number of Topliss-reactive ketones (excluding diaryl/α,β-unsaturated/α-hetero) is 2. The van der Waals surface area contributed by atoms with Gasteiger partial charge in [-0.15, -0.1) is 0 Å². The standard InChI is InChI=1S/C29H22BrFN2O4/c30-23-16-24-22(15-21(23)28(32)36)25(9-12-33-24)37-20-7-3-18(4-8-20)14-27(35)29(10-11-29)26(34)13-17-1-5-19(31)6-2-17/h1-9,12,15-16H,10-11,13-14H2,(H2,32,36). The fourth-order valence-corrected chi connectivity index (χ4v) is 4.90. The molecule has 0 unspecified atom stereocenters. The van der Waals surface area contributed by atoms with Crippen LogP contribution in [-0.2, 0) is 22.4 Å². The second kappa shape index (κ2) is 9.86. The third-order valence-corrected chi connectivity index (χ3v) is 7.32. The summed E-state index contributed by atoms with van der Waals surface area (Å²) in [6.07, 6.45) is 2.96. The highest BCUT2D eigenvalue weighted by atomic mass is 79.9. The van der Waals surface area contributed by atoms with Gasteiger partial charge in [0, 0.05) is 28.9 Å². The lowest BCUT2D eigenvalue weighted by atomic mass is 9.88. The molecule has 4 aromatic rings. The molecule has 1 aliphatic carbocycles. The number of hydrogen-bond acceptors (Lipinski definition) is 5. The van der Waals surface area contributed by atoms with Crippen molar-refractivity contribution in [1.29, 1.82) is 0 Å². The summed E-state index contributed by atoms with van der Waals surface area (Å²) in [6, 6.07) is 17.9. The Morgan fingerprint density at radius 1 is 0.919 bits per heavy atom. The number of aromatic nitrogens is 1. The molecule has 3 aromatic carbocycles. The van der Waals surface area contributed by atoms with Crippen molar-refractivity contribution in [1.82, 2.24) is 4.98 Å². The van der Waals surface area contributed by atoms with Crippen LogP contribution in [0.1, 0.15) is 34.3 Å². The van der Waals surface area contributed by atoms with Gasteiger partial charge in [-0.25, -0.2) is 4.39 Å². The third kappa shape index (κ3) is 5.15. The van der Waals surface area contributed by atoms with E-state index in [1.807, 2.05) is 0 Å². The van der Waals surface area contributed by atoms with Gasteiger partial charge < -0.3 is 10.5 Å². The number of carbonyl (C=O) groups excluding carboxylic acids is 3. The van der Waals surface area contributed by atoms with Crippen LogP contribution in [0, 0.1) is 11.2 Å². The van der Waals surface area contributed by atoms with Crippen LogP contribution in [0.5, 0.6) is 11.5 Å². The first-order chi connectivity index (χ1) is 17.7. The molecule has 1 aromatic heterocycles. The Labute approximate surface area is 220 Å². The monoisotopic (exact) mass is 560 g/mol. The summed E-state index contributed by atoms with van der Waals surface area (Å²) < 4.78 is 19.7. The van der Waals surface area contributed by atoms with Crippen LogP contribution in [-0.4, -0.2) is 22.5 Å². The molecule has 1 saturated carbocycles. The van der Waals surface area contributed by atoms with E-state index in [1.54, 1.807) is 60.8 Å². The molecule has 0 saturated heterocycles. The van der Waals surface area contributed by atoms with Crippen LogP contribution in [0.25, 0.3) is 10.9 Å². The van der Waals surface area contributed by atoms with Crippen molar-refractivity contribution in [3.05, 3.63) is 99.9 Å². The van der Waals surface area contributed by atoms with E-state index in [4.69, 9.17) is 10.5 Å². The second-order valence-electron chi connectivity index (χ2n) is 9.18. The molecular formula is C29H22BrFN2O4. The molecule has 1 fully saturated rings. The largest absolute Gasteiger partial charge is 0.457 e. The summed E-state index contributed by atoms with van der Waals surface area (Å²) in [6.45, 7) is 0. The summed E-state index contributed by atoms with van der Waals surface area (Å²) in [4.78, 5) is 42.0. The van der Waals surface area contributed by atoms with E-state index < -0.39 is 11.3 Å². The SMILES string of the molecule is NC(=O)c1cc2c(Oc3ccc(CC(=O)C4(C(=O)Cc5ccc(F)cc5)CC4)cc3)ccnc2cc1Br. The average Bonchev–Trinajstić information content (AvgIpc) is 3.69. The molecule has 1 amide bonds. The highest BCUT2D eigenvalue weighted by Crippen LogP contribution is 2.48. The van der Waals surface area contributed by atoms with Gasteiger partial charge in [-0.3, -0.25) is 19.4 Å². The molecular weight excluding hydrogens is 539 g/mol. The van der Waals surface area contributed by atoms with E-state index in [0.29, 0.717) is 50.8 Å². The Kier molecular flexibility index (Phi) is 6.60. The number of pyridine rings is 1. The number of carbonyl (C=O) groups is 3. The van der Waals surface area contributed by atoms with E-state index in [-0.39, 0.29) is 30.2 Å². The Morgan fingerprint density at radius 3 is 2.08 bits per heavy atom. The van der Waals surface area contributed by atoms with Crippen molar-refractivity contribution in [2.24, 2.45) is 11.1 Å². The molecule has 6 nitrogen and oxygen atoms in total. The topological polar surface area (TPSA) is 99.4 Å². The predicted molar refractivity (Wildman–Crippen MR) is 140 cm³/mol. The summed E-state index contributed by atoms with van der Waals surface area (Å²) in [5.74, 6) is -0.0925. The number of nitrogens with two attached hydrogens (primary N) is 1. The lowest BCUT2D eigenvalue weighted by Crippen LogP contribution is -2.28. The summed E-state index contributed by atoms with van der Waals surface area (Å²) in [7, 11) is 0. The van der Waals surface area contributed by atoms with Gasteiger partial charge in [-0.2, -0.15) is 0 Å². The fourth-order valence-electron chi connectivity index (χ4n) is 4.37. The number of amides is 1. The van der Waals surface area contributed by atoms with Gasteiger partial charge >= 0.3 is 0 Å². The van der Waals surface area contributed by atoms with Gasteiger partial charge in [0.15, 0.2) is 11.6 Å². The molecule has 2 N–H and O–H groups in total. The molecule has 5 rings (SSSR count). The van der Waals surface area contributed by atoms with Crippen LogP contribution < -0.4 is 10.5 Å². The third-order valence-electron chi connectivity index (χ3n) is 6.67. The first kappa shape index (κ1) is 24.8. The molecule has 1 aliphatic rings. The number of ketones is 2. The minimum atomic E-state index is -0.939. The molecule has 8 heteroatoms. The van der Waals surface area contributed by atoms with Crippen LogP contribution in [0.15, 0.2) is 77.4 Å². The van der Waals surface area contributed by atoms with Crippen molar-refractivity contribution in [3.8, 4) is 11.5 Å². The average molecular weight is 561 g/mol. The number of rotatable bonds is 9. The van der Waals surface area contributed by atoms with Crippen LogP contribution in [0.4, 0.5) is 4.39 Å². The van der Waals surface area contributed by atoms with Gasteiger partial charge in [-0.05, 0) is 82.4 Å². The smallest absolute Gasteiger partial charge is 0.249 e. The predicted octanol–water partition coefficient (Wildman–Crippen LogP) is 5.73. The number of ether oxygens (including phenoxy) is 1. The van der Waals surface area contributed by atoms with E-state index in [9.17, 15) is 18.8 Å². The molecule has 0 atom stereocenters. The Balaban J connectivity index is 1.28. The molecule has 0 aliphatic heterocycles. The maximum atomic E-state index is 13.2. The number of fused-ring (bicyclic) bond motifs is 1. The Morgan fingerprint density at radius 2 is 1.51 bits per heavy atom. The quantitative estimate of drug-likeness (QED) is 0.263. The summed E-state index contributed by atoms with van der Waals surface area (Å²) >= 11 is 3.34. The zero-order chi connectivity index (χ0) is 26.2. The van der Waals surface area contributed by atoms with E-state index in [2.05, 4.69) is 20.9 Å². The molecule has 0 spiro atoms. The molecule has 1 heterocycles. The Hall–Kier alpha value is -3.91. The maximum Gasteiger partial charge on any atom is 0.249 e. The summed E-state index contributed by atoms with van der Waals surface area (Å²) in [5.41, 5.74) is 6.96. The van der Waals surface area contributed by atoms with Crippen LogP contribution in [0.2, 0.25) is 0 Å². The molecule has 186 valence electrons. The lowest BCUT2D eigenvalue weighted by Gasteiger charge is -2.14. The zero-order valence-electron chi connectivity index (χ0n) is 19.7. The van der Waals surface area contributed by atoms with Crippen molar-refractivity contribution >= 4 is 44.3 Å². The van der Waals surface area contributed by atoms with Gasteiger partial charge in [0.05, 0.1) is 16.5 Å². The van der Waals surface area contributed by atoms with Crippen LogP contribution >= 0.6 is 15.9 Å². The highest BCUT2D eigenvalue weighted by molar-refractivity contribution is 9.10. The minimum absolute atomic E-state index is 0.0991. The first-order valence-electron chi connectivity index (χ1n) is 11.7. The number of nitrogens with zero attached hydrogens (tertiary/aromatic N) is 1. The molecule has 37 heavy (non-hydrogen) atoms. The highest BCUT2D eigenvalue weighted by Gasteiger charge is 2.54. The van der Waals surface area contributed by atoms with E-state index in [0.717, 1.165) is 5.56 Å². The maximum absolute atomic E-state index is 13.2. The second-order valence-corrected chi connectivity index (χ2v) is 10.0. The van der Waals surface area contributed by atoms with E-state index in [1.165, 1.54) is 12.1 Å². The van der Waals surface area contributed by atoms with Crippen LogP contribution in [0.3, 0.4) is 0 Å². The molecule has 0 radical (unpaired) electrons. The normalized spacial score (nSPS) is 13.8. The van der Waals surface area contributed by atoms with Crippen molar-refractivity contribution in [2.45, 2.75) is 25.7 Å². The van der Waals surface area contributed by atoms with Crippen molar-refractivity contribution < 1.29 is 23.5 Å².